The highest BCUT2D eigenvalue weighted by atomic mass is 16.3. The molecule has 2 aromatic rings. The predicted molar refractivity (Wildman–Crippen MR) is 94.5 cm³/mol. The van der Waals surface area contributed by atoms with Crippen LogP contribution < -0.4 is 0 Å². The molecule has 0 aromatic heterocycles. The third-order valence-electron chi connectivity index (χ3n) is 5.38. The summed E-state index contributed by atoms with van der Waals surface area (Å²) in [4.78, 5) is 0. The van der Waals surface area contributed by atoms with Gasteiger partial charge in [-0.15, -0.1) is 0 Å². The molecule has 3 rings (SSSR count). The van der Waals surface area contributed by atoms with Gasteiger partial charge in [-0.2, -0.15) is 0 Å². The molecule has 1 aliphatic rings. The number of fused-ring (bicyclic) bond motifs is 1. The second-order valence-electron chi connectivity index (χ2n) is 7.00. The first-order valence-electron chi connectivity index (χ1n) is 8.99. The fraction of sp³-hybridized carbons (Fsp3) is 0.524. The van der Waals surface area contributed by atoms with E-state index in [1.54, 1.807) is 6.07 Å². The molecule has 1 aliphatic carbocycles. The zero-order chi connectivity index (χ0) is 15.4. The van der Waals surface area contributed by atoms with Crippen molar-refractivity contribution in [1.29, 1.82) is 0 Å². The lowest BCUT2D eigenvalue weighted by atomic mass is 9.77. The molecule has 0 aliphatic heterocycles. The van der Waals surface area contributed by atoms with Gasteiger partial charge in [-0.1, -0.05) is 56.9 Å². The molecular weight excluding hydrogens is 268 g/mol. The van der Waals surface area contributed by atoms with E-state index in [9.17, 15) is 5.11 Å². The Balaban J connectivity index is 1.62. The molecule has 0 saturated heterocycles. The largest absolute Gasteiger partial charge is 0.508 e. The lowest BCUT2D eigenvalue weighted by Gasteiger charge is -2.29. The van der Waals surface area contributed by atoms with Crippen molar-refractivity contribution in [3.8, 4) is 5.75 Å². The van der Waals surface area contributed by atoms with E-state index in [0.29, 0.717) is 5.75 Å². The smallest absolute Gasteiger partial charge is 0.116 e. The van der Waals surface area contributed by atoms with Crippen LogP contribution in [-0.4, -0.2) is 5.11 Å². The van der Waals surface area contributed by atoms with E-state index < -0.39 is 0 Å². The van der Waals surface area contributed by atoms with Crippen LogP contribution in [0.25, 0.3) is 10.8 Å². The summed E-state index contributed by atoms with van der Waals surface area (Å²) < 4.78 is 0. The summed E-state index contributed by atoms with van der Waals surface area (Å²) in [6.45, 7) is 2.29. The number of hydrogen-bond donors (Lipinski definition) is 1. The summed E-state index contributed by atoms with van der Waals surface area (Å²) in [6.07, 6.45) is 11.1. The minimum Gasteiger partial charge on any atom is -0.508 e. The maximum atomic E-state index is 9.57. The van der Waals surface area contributed by atoms with Gasteiger partial charge in [-0.3, -0.25) is 0 Å². The fourth-order valence-electron chi connectivity index (χ4n) is 3.97. The molecule has 22 heavy (non-hydrogen) atoms. The Kier molecular flexibility index (Phi) is 5.02. The Morgan fingerprint density at radius 2 is 1.64 bits per heavy atom. The summed E-state index contributed by atoms with van der Waals surface area (Å²) in [5.41, 5.74) is 1.49. The summed E-state index contributed by atoms with van der Waals surface area (Å²) in [5, 5.41) is 12.0. The molecule has 0 unspecified atom stereocenters. The van der Waals surface area contributed by atoms with Gasteiger partial charge in [-0.25, -0.2) is 0 Å². The number of phenolic OH excluding ortho intramolecular Hbond substituents is 1. The van der Waals surface area contributed by atoms with Gasteiger partial charge in [-0.05, 0) is 66.0 Å². The van der Waals surface area contributed by atoms with Crippen molar-refractivity contribution in [1.82, 2.24) is 0 Å². The van der Waals surface area contributed by atoms with Gasteiger partial charge in [0.05, 0.1) is 0 Å². The van der Waals surface area contributed by atoms with Crippen molar-refractivity contribution >= 4 is 10.8 Å². The Morgan fingerprint density at radius 1 is 0.909 bits per heavy atom. The zero-order valence-corrected chi connectivity index (χ0v) is 13.7. The Labute approximate surface area is 134 Å². The van der Waals surface area contributed by atoms with Crippen molar-refractivity contribution in [2.45, 2.75) is 64.2 Å². The number of unbranched alkanes of at least 4 members (excludes halogenated alkanes) is 2. The SMILES string of the molecule is CCCCCC1CCC(c2ccc3cc(O)ccc3c2)CC1. The molecule has 2 aromatic carbocycles. The van der Waals surface area contributed by atoms with Crippen LogP contribution in [0.15, 0.2) is 36.4 Å². The van der Waals surface area contributed by atoms with Crippen LogP contribution in [-0.2, 0) is 0 Å². The van der Waals surface area contributed by atoms with E-state index in [1.165, 1.54) is 62.3 Å². The van der Waals surface area contributed by atoms with Crippen LogP contribution in [0.5, 0.6) is 5.75 Å². The van der Waals surface area contributed by atoms with E-state index in [2.05, 4.69) is 25.1 Å². The monoisotopic (exact) mass is 296 g/mol. The standard InChI is InChI=1S/C21H28O/c1-2-3-4-5-16-6-8-17(9-7-16)18-10-11-20-15-21(22)13-12-19(20)14-18/h10-17,22H,2-9H2,1H3. The number of benzene rings is 2. The van der Waals surface area contributed by atoms with Gasteiger partial charge in [0.2, 0.25) is 0 Å². The average Bonchev–Trinajstić information content (AvgIpc) is 2.55. The number of rotatable bonds is 5. The second-order valence-corrected chi connectivity index (χ2v) is 7.00. The van der Waals surface area contributed by atoms with Crippen molar-refractivity contribution in [2.24, 2.45) is 5.92 Å². The van der Waals surface area contributed by atoms with Crippen molar-refractivity contribution in [3.05, 3.63) is 42.0 Å². The maximum absolute atomic E-state index is 9.57. The minimum atomic E-state index is 0.354. The normalized spacial score (nSPS) is 22.0. The molecule has 1 heteroatoms. The Morgan fingerprint density at radius 3 is 2.41 bits per heavy atom. The Bertz CT molecular complexity index is 608. The van der Waals surface area contributed by atoms with Crippen LogP contribution in [0.3, 0.4) is 0 Å². The van der Waals surface area contributed by atoms with Crippen LogP contribution in [0.2, 0.25) is 0 Å². The minimum absolute atomic E-state index is 0.354. The highest BCUT2D eigenvalue weighted by Crippen LogP contribution is 2.38. The molecule has 0 amide bonds. The second kappa shape index (κ2) is 7.17. The lowest BCUT2D eigenvalue weighted by Crippen LogP contribution is -2.13. The molecular formula is C21H28O. The predicted octanol–water partition coefficient (Wildman–Crippen LogP) is 6.40. The number of aromatic hydroxyl groups is 1. The summed E-state index contributed by atoms with van der Waals surface area (Å²) >= 11 is 0. The van der Waals surface area contributed by atoms with E-state index in [0.717, 1.165) is 17.2 Å². The molecule has 1 N–H and O–H groups in total. The van der Waals surface area contributed by atoms with Gasteiger partial charge in [0.15, 0.2) is 0 Å². The van der Waals surface area contributed by atoms with Crippen molar-refractivity contribution in [2.75, 3.05) is 0 Å². The third-order valence-corrected chi connectivity index (χ3v) is 5.38. The zero-order valence-electron chi connectivity index (χ0n) is 13.7. The summed E-state index contributed by atoms with van der Waals surface area (Å²) in [5.74, 6) is 2.06. The van der Waals surface area contributed by atoms with E-state index in [4.69, 9.17) is 0 Å². The van der Waals surface area contributed by atoms with Crippen LogP contribution in [0.1, 0.15) is 69.8 Å². The quantitative estimate of drug-likeness (QED) is 0.633. The topological polar surface area (TPSA) is 20.2 Å². The van der Waals surface area contributed by atoms with Gasteiger partial charge in [0.25, 0.3) is 0 Å². The molecule has 0 heterocycles. The van der Waals surface area contributed by atoms with Crippen molar-refractivity contribution < 1.29 is 5.11 Å². The third kappa shape index (κ3) is 3.63. The number of hydrogen-bond acceptors (Lipinski definition) is 1. The molecule has 1 saturated carbocycles. The highest BCUT2D eigenvalue weighted by molar-refractivity contribution is 5.84. The lowest BCUT2D eigenvalue weighted by molar-refractivity contribution is 0.303. The first kappa shape index (κ1) is 15.4. The first-order chi connectivity index (χ1) is 10.8. The molecule has 0 atom stereocenters. The summed E-state index contributed by atoms with van der Waals surface area (Å²) in [6, 6.07) is 12.4. The first-order valence-corrected chi connectivity index (χ1v) is 8.99. The highest BCUT2D eigenvalue weighted by Gasteiger charge is 2.22. The van der Waals surface area contributed by atoms with Gasteiger partial charge < -0.3 is 5.11 Å². The molecule has 1 nitrogen and oxygen atoms in total. The molecule has 0 spiro atoms. The molecule has 0 radical (unpaired) electrons. The van der Waals surface area contributed by atoms with E-state index >= 15 is 0 Å². The maximum Gasteiger partial charge on any atom is 0.116 e. The van der Waals surface area contributed by atoms with Crippen LogP contribution >= 0.6 is 0 Å². The van der Waals surface area contributed by atoms with Crippen LogP contribution in [0, 0.1) is 5.92 Å². The summed E-state index contributed by atoms with van der Waals surface area (Å²) in [7, 11) is 0. The average molecular weight is 296 g/mol. The Hall–Kier alpha value is -1.50. The van der Waals surface area contributed by atoms with Gasteiger partial charge in [0.1, 0.15) is 5.75 Å². The van der Waals surface area contributed by atoms with Gasteiger partial charge in [0, 0.05) is 0 Å². The fourth-order valence-corrected chi connectivity index (χ4v) is 3.97. The van der Waals surface area contributed by atoms with Crippen LogP contribution in [0.4, 0.5) is 0 Å². The van der Waals surface area contributed by atoms with E-state index in [-0.39, 0.29) is 0 Å². The molecule has 118 valence electrons. The van der Waals surface area contributed by atoms with E-state index in [1.807, 2.05) is 12.1 Å². The number of phenols is 1. The molecule has 0 bridgehead atoms. The molecule has 1 fully saturated rings. The van der Waals surface area contributed by atoms with Crippen molar-refractivity contribution in [3.63, 3.8) is 0 Å². The van der Waals surface area contributed by atoms with Gasteiger partial charge >= 0.3 is 0 Å².